The number of hydrogen-bond donors (Lipinski definition) is 1. The minimum Gasteiger partial charge on any atom is -0.337 e. The lowest BCUT2D eigenvalue weighted by Gasteiger charge is -2.32. The highest BCUT2D eigenvalue weighted by atomic mass is 35.5. The Bertz CT molecular complexity index is 683. The summed E-state index contributed by atoms with van der Waals surface area (Å²) >= 11 is 1.72. The van der Waals surface area contributed by atoms with Crippen LogP contribution in [0.4, 0.5) is 0 Å². The van der Waals surface area contributed by atoms with Crippen molar-refractivity contribution in [1.29, 1.82) is 0 Å². The Morgan fingerprint density at radius 2 is 2.00 bits per heavy atom. The third-order valence-electron chi connectivity index (χ3n) is 4.82. The number of nitrogens with zero attached hydrogens (tertiary/aromatic N) is 2. The van der Waals surface area contributed by atoms with E-state index in [9.17, 15) is 4.79 Å². The van der Waals surface area contributed by atoms with Crippen LogP contribution < -0.4 is 5.32 Å². The van der Waals surface area contributed by atoms with E-state index >= 15 is 0 Å². The topological polar surface area (TPSA) is 35.6 Å². The van der Waals surface area contributed by atoms with Crippen molar-refractivity contribution in [1.82, 2.24) is 15.1 Å². The molecule has 2 fully saturated rings. The standard InChI is InChI=1S/C17H21N3OS.ClH/c21-17(14-1-2-16-13(11-14)4-10-22-16)20-7-3-15(12-20)19-8-5-18-6-9-19;/h1-2,4,10-11,15,18H,3,5-9,12H2;1H. The Hall–Kier alpha value is -1.14. The molecule has 1 atom stereocenters. The number of hydrogen-bond acceptors (Lipinski definition) is 4. The number of rotatable bonds is 2. The molecule has 0 spiro atoms. The summed E-state index contributed by atoms with van der Waals surface area (Å²) in [5.74, 6) is 0.186. The molecule has 2 saturated heterocycles. The first-order valence-corrected chi connectivity index (χ1v) is 8.90. The summed E-state index contributed by atoms with van der Waals surface area (Å²) in [5, 5.41) is 6.64. The SMILES string of the molecule is Cl.O=C(c1ccc2sccc2c1)N1CCC(N2CCNCC2)C1. The van der Waals surface area contributed by atoms with Crippen molar-refractivity contribution in [3.63, 3.8) is 0 Å². The van der Waals surface area contributed by atoms with Crippen LogP contribution in [0.15, 0.2) is 29.6 Å². The van der Waals surface area contributed by atoms with E-state index in [1.807, 2.05) is 17.0 Å². The van der Waals surface area contributed by atoms with E-state index in [1.165, 1.54) is 10.1 Å². The van der Waals surface area contributed by atoms with Crippen LogP contribution >= 0.6 is 23.7 Å². The second-order valence-electron chi connectivity index (χ2n) is 6.15. The van der Waals surface area contributed by atoms with Crippen LogP contribution in [0.3, 0.4) is 0 Å². The maximum atomic E-state index is 12.7. The highest BCUT2D eigenvalue weighted by Crippen LogP contribution is 2.24. The molecule has 0 saturated carbocycles. The third-order valence-corrected chi connectivity index (χ3v) is 5.72. The number of likely N-dealkylation sites (tertiary alicyclic amines) is 1. The number of halogens is 1. The maximum absolute atomic E-state index is 12.7. The Kier molecular flexibility index (Phi) is 5.21. The quantitative estimate of drug-likeness (QED) is 0.902. The Morgan fingerprint density at radius 1 is 1.17 bits per heavy atom. The van der Waals surface area contributed by atoms with Crippen molar-refractivity contribution < 1.29 is 4.79 Å². The smallest absolute Gasteiger partial charge is 0.253 e. The second kappa shape index (κ2) is 7.18. The number of piperazine rings is 1. The molecule has 1 aromatic heterocycles. The average molecular weight is 352 g/mol. The molecule has 1 aromatic carbocycles. The van der Waals surface area contributed by atoms with Crippen LogP contribution in [0.2, 0.25) is 0 Å². The third kappa shape index (κ3) is 3.38. The number of nitrogens with one attached hydrogen (secondary N) is 1. The molecular weight excluding hydrogens is 330 g/mol. The van der Waals surface area contributed by atoms with E-state index in [0.29, 0.717) is 6.04 Å². The summed E-state index contributed by atoms with van der Waals surface area (Å²) in [6.45, 7) is 6.11. The molecule has 1 unspecified atom stereocenters. The highest BCUT2D eigenvalue weighted by molar-refractivity contribution is 7.17. The zero-order chi connectivity index (χ0) is 14.9. The fraction of sp³-hybridized carbons (Fsp3) is 0.471. The van der Waals surface area contributed by atoms with Crippen LogP contribution in [-0.4, -0.2) is 61.0 Å². The molecule has 23 heavy (non-hydrogen) atoms. The van der Waals surface area contributed by atoms with Gasteiger partial charge in [-0.1, -0.05) is 0 Å². The Balaban J connectivity index is 0.00000156. The first-order chi connectivity index (χ1) is 10.8. The minimum absolute atomic E-state index is 0. The molecule has 1 amide bonds. The molecule has 2 aliphatic rings. The van der Waals surface area contributed by atoms with Gasteiger partial charge in [0.25, 0.3) is 5.91 Å². The van der Waals surface area contributed by atoms with Gasteiger partial charge < -0.3 is 10.2 Å². The largest absolute Gasteiger partial charge is 0.337 e. The van der Waals surface area contributed by atoms with E-state index in [1.54, 1.807) is 11.3 Å². The second-order valence-corrected chi connectivity index (χ2v) is 7.10. The molecule has 2 aliphatic heterocycles. The number of carbonyl (C=O) groups is 1. The van der Waals surface area contributed by atoms with Gasteiger partial charge >= 0.3 is 0 Å². The van der Waals surface area contributed by atoms with Gasteiger partial charge in [0.1, 0.15) is 0 Å². The molecule has 6 heteroatoms. The number of thiophene rings is 1. The zero-order valence-electron chi connectivity index (χ0n) is 13.0. The van der Waals surface area contributed by atoms with Crippen molar-refractivity contribution in [2.45, 2.75) is 12.5 Å². The van der Waals surface area contributed by atoms with Gasteiger partial charge in [-0.25, -0.2) is 0 Å². The highest BCUT2D eigenvalue weighted by Gasteiger charge is 2.31. The molecule has 4 nitrogen and oxygen atoms in total. The molecule has 2 aromatic rings. The van der Waals surface area contributed by atoms with Gasteiger partial charge in [-0.05, 0) is 41.5 Å². The van der Waals surface area contributed by atoms with Crippen LogP contribution in [-0.2, 0) is 0 Å². The fourth-order valence-corrected chi connectivity index (χ4v) is 4.32. The van der Waals surface area contributed by atoms with Crippen LogP contribution in [0, 0.1) is 0 Å². The summed E-state index contributed by atoms with van der Waals surface area (Å²) in [6, 6.07) is 8.70. The molecule has 0 radical (unpaired) electrons. The summed E-state index contributed by atoms with van der Waals surface area (Å²) < 4.78 is 1.25. The molecule has 1 N–H and O–H groups in total. The van der Waals surface area contributed by atoms with E-state index < -0.39 is 0 Å². The molecular formula is C17H22ClN3OS. The van der Waals surface area contributed by atoms with Gasteiger partial charge in [0.15, 0.2) is 0 Å². The first-order valence-electron chi connectivity index (χ1n) is 8.02. The van der Waals surface area contributed by atoms with Crippen molar-refractivity contribution in [3.8, 4) is 0 Å². The van der Waals surface area contributed by atoms with Gasteiger partial charge in [-0.15, -0.1) is 23.7 Å². The summed E-state index contributed by atoms with van der Waals surface area (Å²) in [7, 11) is 0. The van der Waals surface area contributed by atoms with Crippen LogP contribution in [0.25, 0.3) is 10.1 Å². The normalized spacial score (nSPS) is 22.3. The summed E-state index contributed by atoms with van der Waals surface area (Å²) in [6.07, 6.45) is 1.10. The fourth-order valence-electron chi connectivity index (χ4n) is 3.55. The van der Waals surface area contributed by atoms with Gasteiger partial charge in [0, 0.05) is 55.6 Å². The van der Waals surface area contributed by atoms with Crippen molar-refractivity contribution in [3.05, 3.63) is 35.2 Å². The van der Waals surface area contributed by atoms with Gasteiger partial charge in [0.05, 0.1) is 0 Å². The minimum atomic E-state index is 0. The average Bonchev–Trinajstić information content (AvgIpc) is 3.23. The maximum Gasteiger partial charge on any atom is 0.253 e. The van der Waals surface area contributed by atoms with E-state index in [2.05, 4.69) is 27.7 Å². The van der Waals surface area contributed by atoms with Gasteiger partial charge in [-0.2, -0.15) is 0 Å². The molecule has 0 bridgehead atoms. The number of amides is 1. The first kappa shape index (κ1) is 16.7. The van der Waals surface area contributed by atoms with Gasteiger partial charge in [-0.3, -0.25) is 9.69 Å². The summed E-state index contributed by atoms with van der Waals surface area (Å²) in [4.78, 5) is 17.3. The number of fused-ring (bicyclic) bond motifs is 1. The van der Waals surface area contributed by atoms with Crippen LogP contribution in [0.1, 0.15) is 16.8 Å². The zero-order valence-corrected chi connectivity index (χ0v) is 14.7. The van der Waals surface area contributed by atoms with Crippen molar-refractivity contribution >= 4 is 39.7 Å². The monoisotopic (exact) mass is 351 g/mol. The Labute approximate surface area is 146 Å². The lowest BCUT2D eigenvalue weighted by Crippen LogP contribution is -2.49. The molecule has 124 valence electrons. The predicted octanol–water partition coefficient (Wildman–Crippen LogP) is 2.44. The van der Waals surface area contributed by atoms with Crippen molar-refractivity contribution in [2.75, 3.05) is 39.3 Å². The lowest BCUT2D eigenvalue weighted by atomic mass is 10.1. The van der Waals surface area contributed by atoms with E-state index in [-0.39, 0.29) is 18.3 Å². The molecule has 0 aliphatic carbocycles. The number of carbonyl (C=O) groups excluding carboxylic acids is 1. The summed E-state index contributed by atoms with van der Waals surface area (Å²) in [5.41, 5.74) is 0.826. The Morgan fingerprint density at radius 3 is 2.83 bits per heavy atom. The van der Waals surface area contributed by atoms with E-state index in [0.717, 1.165) is 51.3 Å². The van der Waals surface area contributed by atoms with E-state index in [4.69, 9.17) is 0 Å². The predicted molar refractivity (Wildman–Crippen MR) is 97.8 cm³/mol. The van der Waals surface area contributed by atoms with Crippen LogP contribution in [0.5, 0.6) is 0 Å². The lowest BCUT2D eigenvalue weighted by molar-refractivity contribution is 0.0773. The van der Waals surface area contributed by atoms with Crippen molar-refractivity contribution in [2.24, 2.45) is 0 Å². The number of benzene rings is 1. The molecule has 4 rings (SSSR count). The molecule has 3 heterocycles. The van der Waals surface area contributed by atoms with Gasteiger partial charge in [0.2, 0.25) is 0 Å².